The highest BCUT2D eigenvalue weighted by Crippen LogP contribution is 2.21. The monoisotopic (exact) mass is 355 g/mol. The zero-order chi connectivity index (χ0) is 18.5. The first-order valence-corrected chi connectivity index (χ1v) is 7.94. The number of methoxy groups -OCH3 is 1. The van der Waals surface area contributed by atoms with Gasteiger partial charge in [0, 0.05) is 5.69 Å². The zero-order valence-electron chi connectivity index (χ0n) is 14.3. The minimum Gasteiger partial charge on any atom is -0.494 e. The van der Waals surface area contributed by atoms with Crippen molar-refractivity contribution in [1.82, 2.24) is 20.3 Å². The van der Waals surface area contributed by atoms with Crippen LogP contribution >= 0.6 is 0 Å². The average Bonchev–Trinajstić information content (AvgIpc) is 3.16. The number of hydrogen-bond donors (Lipinski definition) is 2. The molecule has 2 amide bonds. The SMILES string of the molecule is COc1ccc(C(C)NC(=O)Nc2ccc(-n3nccn3)cc2)cc1F. The second kappa shape index (κ2) is 7.64. The largest absolute Gasteiger partial charge is 0.494 e. The molecule has 0 aliphatic heterocycles. The van der Waals surface area contributed by atoms with E-state index in [0.29, 0.717) is 11.3 Å². The number of urea groups is 1. The number of amides is 2. The number of halogens is 1. The van der Waals surface area contributed by atoms with Crippen molar-refractivity contribution in [1.29, 1.82) is 0 Å². The summed E-state index contributed by atoms with van der Waals surface area (Å²) in [6.45, 7) is 1.77. The Labute approximate surface area is 149 Å². The number of carbonyl (C=O) groups is 1. The number of ether oxygens (including phenoxy) is 1. The highest BCUT2D eigenvalue weighted by Gasteiger charge is 2.12. The minimum atomic E-state index is -0.470. The molecule has 134 valence electrons. The molecule has 1 atom stereocenters. The third-order valence-corrected chi connectivity index (χ3v) is 3.80. The Hall–Kier alpha value is -3.42. The van der Waals surface area contributed by atoms with E-state index in [1.807, 2.05) is 0 Å². The Bertz CT molecular complexity index is 881. The van der Waals surface area contributed by atoms with E-state index in [-0.39, 0.29) is 11.8 Å². The van der Waals surface area contributed by atoms with Crippen LogP contribution in [-0.4, -0.2) is 28.1 Å². The molecular formula is C18H18FN5O2. The predicted molar refractivity (Wildman–Crippen MR) is 94.9 cm³/mol. The third-order valence-electron chi connectivity index (χ3n) is 3.80. The van der Waals surface area contributed by atoms with E-state index < -0.39 is 11.8 Å². The van der Waals surface area contributed by atoms with Gasteiger partial charge in [-0.15, -0.1) is 0 Å². The molecule has 0 aliphatic carbocycles. The molecule has 26 heavy (non-hydrogen) atoms. The van der Waals surface area contributed by atoms with E-state index in [1.165, 1.54) is 24.0 Å². The van der Waals surface area contributed by atoms with Crippen LogP contribution in [0.4, 0.5) is 14.9 Å². The summed E-state index contributed by atoms with van der Waals surface area (Å²) in [6, 6.07) is 10.9. The molecule has 1 heterocycles. The molecule has 8 heteroatoms. The Morgan fingerprint density at radius 2 is 1.85 bits per heavy atom. The summed E-state index contributed by atoms with van der Waals surface area (Å²) in [5, 5.41) is 13.6. The van der Waals surface area contributed by atoms with Crippen molar-refractivity contribution in [2.75, 3.05) is 12.4 Å². The molecule has 0 saturated carbocycles. The number of nitrogens with one attached hydrogen (secondary N) is 2. The molecule has 0 aliphatic rings. The summed E-state index contributed by atoms with van der Waals surface area (Å²) in [5.74, 6) is -0.306. The van der Waals surface area contributed by atoms with Gasteiger partial charge in [0.25, 0.3) is 0 Å². The second-order valence-electron chi connectivity index (χ2n) is 5.58. The maximum absolute atomic E-state index is 13.8. The van der Waals surface area contributed by atoms with Crippen molar-refractivity contribution in [2.45, 2.75) is 13.0 Å². The molecule has 0 spiro atoms. The number of anilines is 1. The van der Waals surface area contributed by atoms with Crippen LogP contribution in [0, 0.1) is 5.82 Å². The van der Waals surface area contributed by atoms with Crippen LogP contribution < -0.4 is 15.4 Å². The number of nitrogens with zero attached hydrogens (tertiary/aromatic N) is 3. The normalized spacial score (nSPS) is 11.7. The molecule has 1 aromatic heterocycles. The van der Waals surface area contributed by atoms with Gasteiger partial charge < -0.3 is 15.4 Å². The Kier molecular flexibility index (Phi) is 5.12. The van der Waals surface area contributed by atoms with Gasteiger partial charge >= 0.3 is 6.03 Å². The van der Waals surface area contributed by atoms with Crippen LogP contribution in [0.25, 0.3) is 5.69 Å². The van der Waals surface area contributed by atoms with Crippen molar-refractivity contribution in [3.8, 4) is 11.4 Å². The smallest absolute Gasteiger partial charge is 0.319 e. The van der Waals surface area contributed by atoms with Crippen LogP contribution in [0.15, 0.2) is 54.9 Å². The highest BCUT2D eigenvalue weighted by atomic mass is 19.1. The first-order chi connectivity index (χ1) is 12.6. The fraction of sp³-hybridized carbons (Fsp3) is 0.167. The molecule has 2 aromatic carbocycles. The van der Waals surface area contributed by atoms with Gasteiger partial charge in [-0.2, -0.15) is 15.0 Å². The lowest BCUT2D eigenvalue weighted by Gasteiger charge is -2.16. The van der Waals surface area contributed by atoms with Crippen LogP contribution in [0.2, 0.25) is 0 Å². The molecule has 2 N–H and O–H groups in total. The molecule has 0 saturated heterocycles. The van der Waals surface area contributed by atoms with E-state index in [2.05, 4.69) is 20.8 Å². The number of carbonyl (C=O) groups excluding carboxylic acids is 1. The number of aromatic nitrogens is 3. The lowest BCUT2D eigenvalue weighted by molar-refractivity contribution is 0.249. The molecule has 3 aromatic rings. The van der Waals surface area contributed by atoms with Crippen LogP contribution in [0.3, 0.4) is 0 Å². The summed E-state index contributed by atoms with van der Waals surface area (Å²) < 4.78 is 18.7. The zero-order valence-corrected chi connectivity index (χ0v) is 14.3. The summed E-state index contributed by atoms with van der Waals surface area (Å²) >= 11 is 0. The van der Waals surface area contributed by atoms with Gasteiger partial charge in [-0.25, -0.2) is 9.18 Å². The Morgan fingerprint density at radius 1 is 1.15 bits per heavy atom. The van der Waals surface area contributed by atoms with Crippen molar-refractivity contribution < 1.29 is 13.9 Å². The molecule has 1 unspecified atom stereocenters. The molecule has 0 bridgehead atoms. The summed E-state index contributed by atoms with van der Waals surface area (Å²) in [6.07, 6.45) is 3.17. The summed E-state index contributed by atoms with van der Waals surface area (Å²) in [4.78, 5) is 13.6. The van der Waals surface area contributed by atoms with Crippen molar-refractivity contribution in [3.05, 3.63) is 66.2 Å². The van der Waals surface area contributed by atoms with E-state index in [4.69, 9.17) is 4.74 Å². The van der Waals surface area contributed by atoms with E-state index in [1.54, 1.807) is 49.6 Å². The molecular weight excluding hydrogens is 337 g/mol. The topological polar surface area (TPSA) is 81.1 Å². The van der Waals surface area contributed by atoms with Gasteiger partial charge in [-0.3, -0.25) is 0 Å². The van der Waals surface area contributed by atoms with Crippen molar-refractivity contribution in [3.63, 3.8) is 0 Å². The van der Waals surface area contributed by atoms with Gasteiger partial charge in [0.15, 0.2) is 11.6 Å². The quantitative estimate of drug-likeness (QED) is 0.736. The second-order valence-corrected chi connectivity index (χ2v) is 5.58. The summed E-state index contributed by atoms with van der Waals surface area (Å²) in [7, 11) is 1.40. The fourth-order valence-electron chi connectivity index (χ4n) is 2.43. The Balaban J connectivity index is 1.60. The number of rotatable bonds is 5. The minimum absolute atomic E-state index is 0.164. The van der Waals surface area contributed by atoms with Gasteiger partial charge in [0.05, 0.1) is 31.2 Å². The third kappa shape index (κ3) is 3.97. The summed E-state index contributed by atoms with van der Waals surface area (Å²) in [5.41, 5.74) is 2.04. The average molecular weight is 355 g/mol. The number of benzene rings is 2. The standard InChI is InChI=1S/C18H18FN5O2/c1-12(13-3-8-17(26-2)16(19)11-13)22-18(25)23-14-4-6-15(7-5-14)24-20-9-10-21-24/h3-12H,1-2H3,(H2,22,23,25). The maximum Gasteiger partial charge on any atom is 0.319 e. The lowest BCUT2D eigenvalue weighted by atomic mass is 10.1. The van der Waals surface area contributed by atoms with Crippen LogP contribution in [-0.2, 0) is 0 Å². The van der Waals surface area contributed by atoms with E-state index in [0.717, 1.165) is 5.69 Å². The lowest BCUT2D eigenvalue weighted by Crippen LogP contribution is -2.31. The van der Waals surface area contributed by atoms with Crippen LogP contribution in [0.1, 0.15) is 18.5 Å². The Morgan fingerprint density at radius 3 is 2.46 bits per heavy atom. The van der Waals surface area contributed by atoms with Crippen molar-refractivity contribution in [2.24, 2.45) is 0 Å². The molecule has 0 radical (unpaired) electrons. The first-order valence-electron chi connectivity index (χ1n) is 7.94. The highest BCUT2D eigenvalue weighted by molar-refractivity contribution is 5.89. The first kappa shape index (κ1) is 17.4. The van der Waals surface area contributed by atoms with Crippen molar-refractivity contribution >= 4 is 11.7 Å². The van der Waals surface area contributed by atoms with Crippen LogP contribution in [0.5, 0.6) is 5.75 Å². The molecule has 7 nitrogen and oxygen atoms in total. The predicted octanol–water partition coefficient (Wildman–Crippen LogP) is 3.30. The fourth-order valence-corrected chi connectivity index (χ4v) is 2.43. The number of hydrogen-bond acceptors (Lipinski definition) is 4. The van der Waals surface area contributed by atoms with Gasteiger partial charge in [0.1, 0.15) is 0 Å². The van der Waals surface area contributed by atoms with E-state index in [9.17, 15) is 9.18 Å². The van der Waals surface area contributed by atoms with Gasteiger partial charge in [-0.1, -0.05) is 6.07 Å². The van der Waals surface area contributed by atoms with Gasteiger partial charge in [0.2, 0.25) is 0 Å². The van der Waals surface area contributed by atoms with E-state index >= 15 is 0 Å². The van der Waals surface area contributed by atoms with Gasteiger partial charge in [-0.05, 0) is 48.9 Å². The molecule has 3 rings (SSSR count). The maximum atomic E-state index is 13.8. The molecule has 0 fully saturated rings.